The SMILES string of the molecule is CC(C)Cc1cccc(C2CCC(Br)C2)c1. The molecular formula is C15H21Br. The molecular weight excluding hydrogens is 260 g/mol. The van der Waals surface area contributed by atoms with Crippen molar-refractivity contribution in [2.75, 3.05) is 0 Å². The van der Waals surface area contributed by atoms with Crippen molar-refractivity contribution in [3.63, 3.8) is 0 Å². The highest BCUT2D eigenvalue weighted by atomic mass is 79.9. The molecule has 2 unspecified atom stereocenters. The molecule has 88 valence electrons. The van der Waals surface area contributed by atoms with Crippen LogP contribution in [0.3, 0.4) is 0 Å². The summed E-state index contributed by atoms with van der Waals surface area (Å²) in [6.45, 7) is 4.58. The maximum absolute atomic E-state index is 3.73. The van der Waals surface area contributed by atoms with E-state index in [0.29, 0.717) is 0 Å². The second kappa shape index (κ2) is 5.35. The van der Waals surface area contributed by atoms with Crippen molar-refractivity contribution in [2.45, 2.75) is 50.3 Å². The molecule has 0 amide bonds. The summed E-state index contributed by atoms with van der Waals surface area (Å²) in [4.78, 5) is 0.742. The van der Waals surface area contributed by atoms with Crippen molar-refractivity contribution in [3.8, 4) is 0 Å². The first-order valence-corrected chi connectivity index (χ1v) is 7.29. The monoisotopic (exact) mass is 280 g/mol. The molecule has 1 aromatic carbocycles. The summed E-state index contributed by atoms with van der Waals surface area (Å²) >= 11 is 3.73. The normalized spacial score (nSPS) is 25.2. The summed E-state index contributed by atoms with van der Waals surface area (Å²) in [6, 6.07) is 9.23. The van der Waals surface area contributed by atoms with Crippen LogP contribution in [0.1, 0.15) is 50.2 Å². The van der Waals surface area contributed by atoms with Gasteiger partial charge in [0.1, 0.15) is 0 Å². The first-order chi connectivity index (χ1) is 7.65. The van der Waals surface area contributed by atoms with Gasteiger partial charge in [-0.2, -0.15) is 0 Å². The fourth-order valence-electron chi connectivity index (χ4n) is 2.67. The molecule has 0 nitrogen and oxygen atoms in total. The number of benzene rings is 1. The topological polar surface area (TPSA) is 0 Å². The first-order valence-electron chi connectivity index (χ1n) is 6.38. The molecule has 1 aliphatic carbocycles. The van der Waals surface area contributed by atoms with Crippen molar-refractivity contribution in [3.05, 3.63) is 35.4 Å². The molecule has 0 bridgehead atoms. The van der Waals surface area contributed by atoms with Crippen molar-refractivity contribution in [1.29, 1.82) is 0 Å². The second-order valence-electron chi connectivity index (χ2n) is 5.45. The molecule has 16 heavy (non-hydrogen) atoms. The van der Waals surface area contributed by atoms with Crippen LogP contribution in [0.25, 0.3) is 0 Å². The highest BCUT2D eigenvalue weighted by Crippen LogP contribution is 2.38. The number of rotatable bonds is 3. The Morgan fingerprint density at radius 1 is 1.31 bits per heavy atom. The largest absolute Gasteiger partial charge is 0.0890 e. The molecule has 0 aromatic heterocycles. The Bertz CT molecular complexity index is 343. The van der Waals surface area contributed by atoms with Gasteiger partial charge in [-0.25, -0.2) is 0 Å². The van der Waals surface area contributed by atoms with Gasteiger partial charge in [0.15, 0.2) is 0 Å². The van der Waals surface area contributed by atoms with Crippen molar-refractivity contribution < 1.29 is 0 Å². The van der Waals surface area contributed by atoms with Gasteiger partial charge in [0, 0.05) is 4.83 Å². The molecule has 1 heteroatoms. The lowest BCUT2D eigenvalue weighted by Gasteiger charge is -2.12. The summed E-state index contributed by atoms with van der Waals surface area (Å²) in [5, 5.41) is 0. The van der Waals surface area contributed by atoms with E-state index in [1.165, 1.54) is 31.2 Å². The van der Waals surface area contributed by atoms with Gasteiger partial charge >= 0.3 is 0 Å². The minimum absolute atomic E-state index is 0.742. The maximum atomic E-state index is 3.73. The van der Waals surface area contributed by atoms with E-state index in [1.807, 2.05) is 0 Å². The van der Waals surface area contributed by atoms with Crippen LogP contribution in [0.5, 0.6) is 0 Å². The predicted octanol–water partition coefficient (Wildman–Crippen LogP) is 4.92. The molecule has 0 radical (unpaired) electrons. The van der Waals surface area contributed by atoms with E-state index in [0.717, 1.165) is 16.7 Å². The van der Waals surface area contributed by atoms with Gasteiger partial charge in [-0.1, -0.05) is 54.0 Å². The lowest BCUT2D eigenvalue weighted by Crippen LogP contribution is -1.98. The Labute approximate surface area is 108 Å². The Balaban J connectivity index is 2.09. The van der Waals surface area contributed by atoms with Crippen LogP contribution in [0.2, 0.25) is 0 Å². The Kier molecular flexibility index (Phi) is 4.07. The summed E-state index contributed by atoms with van der Waals surface area (Å²) in [5.74, 6) is 1.54. The van der Waals surface area contributed by atoms with Crippen LogP contribution >= 0.6 is 15.9 Å². The van der Waals surface area contributed by atoms with Crippen LogP contribution < -0.4 is 0 Å². The molecule has 0 saturated heterocycles. The molecule has 0 spiro atoms. The number of halogens is 1. The van der Waals surface area contributed by atoms with Gasteiger partial charge < -0.3 is 0 Å². The summed E-state index contributed by atoms with van der Waals surface area (Å²) in [6.07, 6.45) is 5.20. The van der Waals surface area contributed by atoms with Gasteiger partial charge in [-0.05, 0) is 48.6 Å². The summed E-state index contributed by atoms with van der Waals surface area (Å²) in [5.41, 5.74) is 3.06. The van der Waals surface area contributed by atoms with Gasteiger partial charge in [-0.3, -0.25) is 0 Å². The van der Waals surface area contributed by atoms with E-state index >= 15 is 0 Å². The number of alkyl halides is 1. The molecule has 2 rings (SSSR count). The van der Waals surface area contributed by atoms with Crippen LogP contribution in [-0.2, 0) is 6.42 Å². The average molecular weight is 281 g/mol. The van der Waals surface area contributed by atoms with Crippen molar-refractivity contribution in [2.24, 2.45) is 5.92 Å². The molecule has 1 aromatic rings. The Morgan fingerprint density at radius 2 is 2.12 bits per heavy atom. The quantitative estimate of drug-likeness (QED) is 0.690. The first kappa shape index (κ1) is 12.2. The third-order valence-corrected chi connectivity index (χ3v) is 4.27. The lowest BCUT2D eigenvalue weighted by molar-refractivity contribution is 0.644. The second-order valence-corrected chi connectivity index (χ2v) is 6.75. The van der Waals surface area contributed by atoms with E-state index in [-0.39, 0.29) is 0 Å². The molecule has 1 fully saturated rings. The van der Waals surface area contributed by atoms with E-state index in [2.05, 4.69) is 54.0 Å². The predicted molar refractivity (Wildman–Crippen MR) is 74.3 cm³/mol. The van der Waals surface area contributed by atoms with E-state index < -0.39 is 0 Å². The zero-order chi connectivity index (χ0) is 11.5. The minimum Gasteiger partial charge on any atom is -0.0890 e. The fraction of sp³-hybridized carbons (Fsp3) is 0.600. The molecule has 1 aliphatic rings. The lowest BCUT2D eigenvalue weighted by atomic mass is 9.93. The fourth-order valence-corrected chi connectivity index (χ4v) is 3.39. The summed E-state index contributed by atoms with van der Waals surface area (Å²) in [7, 11) is 0. The number of hydrogen-bond acceptors (Lipinski definition) is 0. The smallest absolute Gasteiger partial charge is 0.0151 e. The standard InChI is InChI=1S/C15H21Br/c1-11(2)8-12-4-3-5-13(9-12)14-6-7-15(16)10-14/h3-5,9,11,14-15H,6-8,10H2,1-2H3. The van der Waals surface area contributed by atoms with Gasteiger partial charge in [0.25, 0.3) is 0 Å². The molecule has 1 saturated carbocycles. The van der Waals surface area contributed by atoms with E-state index in [4.69, 9.17) is 0 Å². The van der Waals surface area contributed by atoms with Crippen LogP contribution in [0.4, 0.5) is 0 Å². The molecule has 2 atom stereocenters. The third kappa shape index (κ3) is 3.10. The van der Waals surface area contributed by atoms with Gasteiger partial charge in [-0.15, -0.1) is 0 Å². The number of hydrogen-bond donors (Lipinski definition) is 0. The van der Waals surface area contributed by atoms with Gasteiger partial charge in [0.2, 0.25) is 0 Å². The molecule has 0 heterocycles. The van der Waals surface area contributed by atoms with E-state index in [1.54, 1.807) is 5.56 Å². The van der Waals surface area contributed by atoms with Gasteiger partial charge in [0.05, 0.1) is 0 Å². The summed E-state index contributed by atoms with van der Waals surface area (Å²) < 4.78 is 0. The molecule has 0 aliphatic heterocycles. The molecule has 0 N–H and O–H groups in total. The highest BCUT2D eigenvalue weighted by molar-refractivity contribution is 9.09. The maximum Gasteiger partial charge on any atom is 0.0151 e. The van der Waals surface area contributed by atoms with Crippen molar-refractivity contribution >= 4 is 15.9 Å². The zero-order valence-electron chi connectivity index (χ0n) is 10.2. The minimum atomic E-state index is 0.742. The Hall–Kier alpha value is -0.300. The van der Waals surface area contributed by atoms with Crippen LogP contribution in [-0.4, -0.2) is 4.83 Å². The van der Waals surface area contributed by atoms with E-state index in [9.17, 15) is 0 Å². The van der Waals surface area contributed by atoms with Crippen LogP contribution in [0.15, 0.2) is 24.3 Å². The average Bonchev–Trinajstić information content (AvgIpc) is 2.64. The third-order valence-electron chi connectivity index (χ3n) is 3.44. The Morgan fingerprint density at radius 3 is 2.75 bits per heavy atom. The van der Waals surface area contributed by atoms with Crippen LogP contribution in [0, 0.1) is 5.92 Å². The zero-order valence-corrected chi connectivity index (χ0v) is 11.8. The highest BCUT2D eigenvalue weighted by Gasteiger charge is 2.23. The van der Waals surface area contributed by atoms with Crippen molar-refractivity contribution in [1.82, 2.24) is 0 Å².